The largest absolute Gasteiger partial charge is 0.329 e. The summed E-state index contributed by atoms with van der Waals surface area (Å²) in [5, 5.41) is 0.788. The van der Waals surface area contributed by atoms with Gasteiger partial charge in [-0.2, -0.15) is 4.31 Å². The summed E-state index contributed by atoms with van der Waals surface area (Å²) in [5.74, 6) is 0. The van der Waals surface area contributed by atoms with Gasteiger partial charge in [-0.3, -0.25) is 0 Å². The second-order valence-electron chi connectivity index (χ2n) is 4.68. The van der Waals surface area contributed by atoms with E-state index in [1.807, 2.05) is 24.3 Å². The topological polar surface area (TPSA) is 41.8 Å². The van der Waals surface area contributed by atoms with E-state index in [4.69, 9.17) is 11.6 Å². The van der Waals surface area contributed by atoms with Crippen molar-refractivity contribution in [3.05, 3.63) is 34.9 Å². The molecular formula is C12H18ClN2O2S+. The number of benzene rings is 1. The Morgan fingerprint density at radius 1 is 1.28 bits per heavy atom. The van der Waals surface area contributed by atoms with Crippen LogP contribution in [-0.2, 0) is 16.6 Å². The summed E-state index contributed by atoms with van der Waals surface area (Å²) in [6.07, 6.45) is 1.27. The highest BCUT2D eigenvalue weighted by Crippen LogP contribution is 2.13. The summed E-state index contributed by atoms with van der Waals surface area (Å²) in [5.41, 5.74) is 1.13. The fourth-order valence-corrected chi connectivity index (χ4v) is 3.27. The molecule has 0 bridgehead atoms. The Kier molecular flexibility index (Phi) is 4.27. The molecule has 1 heterocycles. The third-order valence-electron chi connectivity index (χ3n) is 3.30. The molecule has 0 amide bonds. The summed E-state index contributed by atoms with van der Waals surface area (Å²) >= 11 is 6.13. The van der Waals surface area contributed by atoms with Crippen LogP contribution in [0, 0.1) is 0 Å². The van der Waals surface area contributed by atoms with Crippen molar-refractivity contribution in [2.24, 2.45) is 0 Å². The Labute approximate surface area is 113 Å². The van der Waals surface area contributed by atoms with E-state index in [0.717, 1.165) is 30.2 Å². The molecular weight excluding hydrogens is 272 g/mol. The van der Waals surface area contributed by atoms with Gasteiger partial charge in [0.15, 0.2) is 0 Å². The first kappa shape index (κ1) is 13.8. The van der Waals surface area contributed by atoms with Crippen molar-refractivity contribution >= 4 is 21.6 Å². The van der Waals surface area contributed by atoms with Crippen molar-refractivity contribution in [3.63, 3.8) is 0 Å². The standard InChI is InChI=1S/C12H17ClN2O2S/c1-18(16,17)15-8-6-14(7-9-15)10-11-4-2-3-5-12(11)13/h2-5H,6-10H2,1H3/p+1. The van der Waals surface area contributed by atoms with Crippen LogP contribution in [0.3, 0.4) is 0 Å². The second-order valence-corrected chi connectivity index (χ2v) is 7.07. The van der Waals surface area contributed by atoms with Gasteiger partial charge >= 0.3 is 0 Å². The number of hydrogen-bond acceptors (Lipinski definition) is 2. The number of quaternary nitrogens is 1. The Balaban J connectivity index is 1.94. The molecule has 1 aromatic rings. The van der Waals surface area contributed by atoms with Crippen molar-refractivity contribution in [2.45, 2.75) is 6.54 Å². The molecule has 6 heteroatoms. The molecule has 18 heavy (non-hydrogen) atoms. The molecule has 0 aromatic heterocycles. The predicted octanol–water partition coefficient (Wildman–Crippen LogP) is 0.000100. The highest BCUT2D eigenvalue weighted by molar-refractivity contribution is 7.88. The summed E-state index contributed by atoms with van der Waals surface area (Å²) < 4.78 is 24.3. The molecule has 0 atom stereocenters. The molecule has 1 fully saturated rings. The highest BCUT2D eigenvalue weighted by atomic mass is 35.5. The van der Waals surface area contributed by atoms with E-state index in [2.05, 4.69) is 0 Å². The normalized spacial score (nSPS) is 19.0. The van der Waals surface area contributed by atoms with Gasteiger partial charge < -0.3 is 4.90 Å². The van der Waals surface area contributed by atoms with Crippen molar-refractivity contribution in [2.75, 3.05) is 32.4 Å². The molecule has 0 aliphatic carbocycles. The van der Waals surface area contributed by atoms with E-state index in [-0.39, 0.29) is 0 Å². The van der Waals surface area contributed by atoms with Crippen molar-refractivity contribution < 1.29 is 13.3 Å². The summed E-state index contributed by atoms with van der Waals surface area (Å²) in [7, 11) is -3.04. The maximum atomic E-state index is 11.4. The monoisotopic (exact) mass is 289 g/mol. The number of nitrogens with zero attached hydrogens (tertiary/aromatic N) is 1. The SMILES string of the molecule is CS(=O)(=O)N1CC[NH+](Cc2ccccc2Cl)CC1. The van der Waals surface area contributed by atoms with Gasteiger partial charge in [0.1, 0.15) is 6.54 Å². The minimum absolute atomic E-state index is 0.596. The lowest BCUT2D eigenvalue weighted by atomic mass is 10.2. The molecule has 1 aliphatic rings. The van der Waals surface area contributed by atoms with Crippen LogP contribution in [0.2, 0.25) is 5.02 Å². The van der Waals surface area contributed by atoms with Gasteiger partial charge in [0.05, 0.1) is 32.4 Å². The maximum absolute atomic E-state index is 11.4. The fourth-order valence-electron chi connectivity index (χ4n) is 2.22. The van der Waals surface area contributed by atoms with Crippen molar-refractivity contribution in [3.8, 4) is 0 Å². The number of halogens is 1. The number of hydrogen-bond donors (Lipinski definition) is 1. The summed E-state index contributed by atoms with van der Waals surface area (Å²) in [6.45, 7) is 3.71. The average Bonchev–Trinajstić information content (AvgIpc) is 2.32. The molecule has 2 rings (SSSR count). The van der Waals surface area contributed by atoms with E-state index < -0.39 is 10.0 Å². The van der Waals surface area contributed by atoms with Crippen LogP contribution in [0.1, 0.15) is 5.56 Å². The molecule has 0 radical (unpaired) electrons. The molecule has 1 aliphatic heterocycles. The molecule has 1 saturated heterocycles. The quantitative estimate of drug-likeness (QED) is 0.851. The first-order valence-electron chi connectivity index (χ1n) is 5.99. The number of nitrogens with one attached hydrogen (secondary N) is 1. The average molecular weight is 290 g/mol. The van der Waals surface area contributed by atoms with Crippen molar-refractivity contribution in [1.82, 2.24) is 4.31 Å². The fraction of sp³-hybridized carbons (Fsp3) is 0.500. The van der Waals surface area contributed by atoms with Crippen LogP contribution in [0.4, 0.5) is 0 Å². The summed E-state index contributed by atoms with van der Waals surface area (Å²) in [6, 6.07) is 7.82. The molecule has 100 valence electrons. The minimum Gasteiger partial charge on any atom is -0.329 e. The van der Waals surface area contributed by atoms with Crippen LogP contribution < -0.4 is 4.90 Å². The first-order valence-corrected chi connectivity index (χ1v) is 8.21. The minimum atomic E-state index is -3.04. The van der Waals surface area contributed by atoms with E-state index in [1.165, 1.54) is 11.2 Å². The van der Waals surface area contributed by atoms with Gasteiger partial charge in [-0.1, -0.05) is 29.8 Å². The number of rotatable bonds is 3. The van der Waals surface area contributed by atoms with Gasteiger partial charge in [0.2, 0.25) is 10.0 Å². The Morgan fingerprint density at radius 3 is 2.44 bits per heavy atom. The van der Waals surface area contributed by atoms with Crippen LogP contribution in [0.15, 0.2) is 24.3 Å². The lowest BCUT2D eigenvalue weighted by Gasteiger charge is -2.30. The maximum Gasteiger partial charge on any atom is 0.211 e. The van der Waals surface area contributed by atoms with Gasteiger partial charge in [0.25, 0.3) is 0 Å². The van der Waals surface area contributed by atoms with E-state index >= 15 is 0 Å². The van der Waals surface area contributed by atoms with E-state index in [0.29, 0.717) is 13.1 Å². The van der Waals surface area contributed by atoms with E-state index in [1.54, 1.807) is 4.31 Å². The van der Waals surface area contributed by atoms with Gasteiger partial charge in [0, 0.05) is 10.6 Å². The molecule has 4 nitrogen and oxygen atoms in total. The Hall–Kier alpha value is -0.620. The zero-order valence-corrected chi connectivity index (χ0v) is 12.0. The lowest BCUT2D eigenvalue weighted by molar-refractivity contribution is -0.917. The smallest absolute Gasteiger partial charge is 0.211 e. The second kappa shape index (κ2) is 5.57. The van der Waals surface area contributed by atoms with Gasteiger partial charge in [-0.05, 0) is 6.07 Å². The third-order valence-corrected chi connectivity index (χ3v) is 4.97. The van der Waals surface area contributed by atoms with Crippen LogP contribution >= 0.6 is 11.6 Å². The van der Waals surface area contributed by atoms with Crippen LogP contribution in [-0.4, -0.2) is 45.2 Å². The Morgan fingerprint density at radius 2 is 1.89 bits per heavy atom. The van der Waals surface area contributed by atoms with E-state index in [9.17, 15) is 8.42 Å². The number of piperazine rings is 1. The zero-order valence-electron chi connectivity index (χ0n) is 10.4. The third kappa shape index (κ3) is 3.45. The van der Waals surface area contributed by atoms with Crippen molar-refractivity contribution in [1.29, 1.82) is 0 Å². The number of sulfonamides is 1. The molecule has 1 N–H and O–H groups in total. The first-order chi connectivity index (χ1) is 8.47. The molecule has 0 unspecified atom stereocenters. The molecule has 0 spiro atoms. The summed E-state index contributed by atoms with van der Waals surface area (Å²) in [4.78, 5) is 1.38. The van der Waals surface area contributed by atoms with Crippen LogP contribution in [0.25, 0.3) is 0 Å². The predicted molar refractivity (Wildman–Crippen MR) is 72.3 cm³/mol. The molecule has 1 aromatic carbocycles. The van der Waals surface area contributed by atoms with Crippen LogP contribution in [0.5, 0.6) is 0 Å². The lowest BCUT2D eigenvalue weighted by Crippen LogP contribution is -3.13. The van der Waals surface area contributed by atoms with Gasteiger partial charge in [-0.15, -0.1) is 0 Å². The molecule has 0 saturated carbocycles. The Bertz CT molecular complexity index is 511. The highest BCUT2D eigenvalue weighted by Gasteiger charge is 2.26. The zero-order chi connectivity index (χ0) is 13.2. The van der Waals surface area contributed by atoms with Gasteiger partial charge in [-0.25, -0.2) is 8.42 Å².